The van der Waals surface area contributed by atoms with Gasteiger partial charge in [0.05, 0.1) is 0 Å². The SMILES string of the molecule is CCC1CC2=C(CC[C@@H]3[C@@H]2CC[C@]2(C)C(CO)CC[C@@H]32)CC1=O. The third-order valence-electron chi connectivity index (χ3n) is 8.34. The molecule has 4 aliphatic rings. The molecule has 0 bridgehead atoms. The summed E-state index contributed by atoms with van der Waals surface area (Å²) in [5.74, 6) is 3.73. The van der Waals surface area contributed by atoms with Gasteiger partial charge in [0.2, 0.25) is 0 Å². The Morgan fingerprint density at radius 2 is 2.04 bits per heavy atom. The number of carbonyl (C=O) groups excluding carboxylic acids is 1. The van der Waals surface area contributed by atoms with Gasteiger partial charge in [0.1, 0.15) is 5.78 Å². The molecule has 0 saturated heterocycles. The van der Waals surface area contributed by atoms with Gasteiger partial charge < -0.3 is 5.11 Å². The second kappa shape index (κ2) is 5.72. The van der Waals surface area contributed by atoms with Crippen LogP contribution in [0.5, 0.6) is 0 Å². The summed E-state index contributed by atoms with van der Waals surface area (Å²) in [6, 6.07) is 0. The third-order valence-corrected chi connectivity index (χ3v) is 8.34. The van der Waals surface area contributed by atoms with E-state index in [0.717, 1.165) is 37.0 Å². The molecule has 23 heavy (non-hydrogen) atoms. The van der Waals surface area contributed by atoms with Crippen LogP contribution in [0, 0.1) is 35.0 Å². The van der Waals surface area contributed by atoms with Crippen LogP contribution in [0.25, 0.3) is 0 Å². The van der Waals surface area contributed by atoms with E-state index in [1.54, 1.807) is 5.57 Å². The maximum absolute atomic E-state index is 12.3. The molecule has 0 amide bonds. The monoisotopic (exact) mass is 316 g/mol. The number of ketones is 1. The maximum atomic E-state index is 12.3. The molecule has 0 spiro atoms. The quantitative estimate of drug-likeness (QED) is 0.761. The van der Waals surface area contributed by atoms with E-state index >= 15 is 0 Å². The van der Waals surface area contributed by atoms with Gasteiger partial charge in [0, 0.05) is 18.9 Å². The minimum Gasteiger partial charge on any atom is -0.396 e. The average Bonchev–Trinajstić information content (AvgIpc) is 2.90. The van der Waals surface area contributed by atoms with Gasteiger partial charge in [-0.3, -0.25) is 4.79 Å². The van der Waals surface area contributed by atoms with Crippen molar-refractivity contribution < 1.29 is 9.90 Å². The van der Waals surface area contributed by atoms with Crippen LogP contribution in [0.4, 0.5) is 0 Å². The van der Waals surface area contributed by atoms with Gasteiger partial charge >= 0.3 is 0 Å². The molecule has 2 fully saturated rings. The lowest BCUT2D eigenvalue weighted by Crippen LogP contribution is -2.45. The number of aliphatic hydroxyl groups is 1. The van der Waals surface area contributed by atoms with Crippen LogP contribution in [0.2, 0.25) is 0 Å². The van der Waals surface area contributed by atoms with E-state index in [4.69, 9.17) is 0 Å². The molecule has 128 valence electrons. The first-order valence-corrected chi connectivity index (χ1v) is 9.92. The van der Waals surface area contributed by atoms with Gasteiger partial charge in [-0.2, -0.15) is 0 Å². The summed E-state index contributed by atoms with van der Waals surface area (Å²) in [6.45, 7) is 5.02. The number of fused-ring (bicyclic) bond motifs is 4. The average molecular weight is 316 g/mol. The minimum absolute atomic E-state index is 0.301. The van der Waals surface area contributed by atoms with Crippen LogP contribution in [-0.4, -0.2) is 17.5 Å². The Bertz CT molecular complexity index is 534. The largest absolute Gasteiger partial charge is 0.396 e. The summed E-state index contributed by atoms with van der Waals surface area (Å²) in [5, 5.41) is 9.80. The van der Waals surface area contributed by atoms with Crippen molar-refractivity contribution in [1.29, 1.82) is 0 Å². The number of hydrogen-bond acceptors (Lipinski definition) is 2. The minimum atomic E-state index is 0.301. The highest BCUT2D eigenvalue weighted by Gasteiger charge is 2.55. The second-order valence-electron chi connectivity index (χ2n) is 9.00. The zero-order valence-corrected chi connectivity index (χ0v) is 14.8. The molecular formula is C21H32O2. The van der Waals surface area contributed by atoms with Crippen LogP contribution >= 0.6 is 0 Å². The van der Waals surface area contributed by atoms with E-state index in [-0.39, 0.29) is 0 Å². The van der Waals surface area contributed by atoms with Gasteiger partial charge in [-0.25, -0.2) is 0 Å². The first-order valence-electron chi connectivity index (χ1n) is 9.92. The highest BCUT2D eigenvalue weighted by Crippen LogP contribution is 2.63. The molecule has 0 radical (unpaired) electrons. The molecular weight excluding hydrogens is 284 g/mol. The molecule has 0 aromatic carbocycles. The number of Topliss-reactive ketones (excluding diaryl/α,β-unsaturated/α-hetero) is 1. The summed E-state index contributed by atoms with van der Waals surface area (Å²) >= 11 is 0. The topological polar surface area (TPSA) is 37.3 Å². The summed E-state index contributed by atoms with van der Waals surface area (Å²) in [5.41, 5.74) is 3.62. The van der Waals surface area contributed by atoms with Crippen molar-refractivity contribution in [3.05, 3.63) is 11.1 Å². The zero-order valence-electron chi connectivity index (χ0n) is 14.8. The van der Waals surface area contributed by atoms with Crippen molar-refractivity contribution in [2.45, 2.75) is 71.6 Å². The van der Waals surface area contributed by atoms with Crippen molar-refractivity contribution in [3.8, 4) is 0 Å². The Morgan fingerprint density at radius 3 is 2.78 bits per heavy atom. The lowest BCUT2D eigenvalue weighted by molar-refractivity contribution is -0.123. The normalized spacial score (nSPS) is 46.4. The summed E-state index contributed by atoms with van der Waals surface area (Å²) in [7, 11) is 0. The van der Waals surface area contributed by atoms with Gasteiger partial charge in [-0.1, -0.05) is 25.0 Å². The molecule has 0 heterocycles. The number of allylic oxidation sites excluding steroid dienone is 2. The van der Waals surface area contributed by atoms with Crippen LogP contribution in [0.1, 0.15) is 71.6 Å². The molecule has 2 heteroatoms. The van der Waals surface area contributed by atoms with E-state index in [1.807, 2.05) is 0 Å². The van der Waals surface area contributed by atoms with E-state index in [9.17, 15) is 9.90 Å². The molecule has 0 aromatic heterocycles. The smallest absolute Gasteiger partial charge is 0.140 e. The maximum Gasteiger partial charge on any atom is 0.140 e. The Hall–Kier alpha value is -0.630. The molecule has 4 rings (SSSR count). The van der Waals surface area contributed by atoms with Crippen LogP contribution in [0.3, 0.4) is 0 Å². The fourth-order valence-electron chi connectivity index (χ4n) is 6.90. The summed E-state index contributed by atoms with van der Waals surface area (Å²) in [4.78, 5) is 12.3. The number of carbonyl (C=O) groups is 1. The van der Waals surface area contributed by atoms with Crippen molar-refractivity contribution in [2.24, 2.45) is 35.0 Å². The van der Waals surface area contributed by atoms with E-state index in [0.29, 0.717) is 29.6 Å². The van der Waals surface area contributed by atoms with Crippen LogP contribution < -0.4 is 0 Å². The Labute approximate surface area is 140 Å². The number of aliphatic hydroxyl groups excluding tert-OH is 1. The molecule has 2 nitrogen and oxygen atoms in total. The number of hydrogen-bond donors (Lipinski definition) is 1. The first kappa shape index (κ1) is 15.9. The van der Waals surface area contributed by atoms with Crippen LogP contribution in [0.15, 0.2) is 11.1 Å². The first-order chi connectivity index (χ1) is 11.1. The molecule has 0 aliphatic heterocycles. The van der Waals surface area contributed by atoms with Gasteiger partial charge in [0.15, 0.2) is 0 Å². The summed E-state index contributed by atoms with van der Waals surface area (Å²) in [6.07, 6.45) is 10.5. The second-order valence-corrected chi connectivity index (χ2v) is 9.00. The van der Waals surface area contributed by atoms with Crippen molar-refractivity contribution in [1.82, 2.24) is 0 Å². The molecule has 0 aromatic rings. The molecule has 2 saturated carbocycles. The highest BCUT2D eigenvalue weighted by molar-refractivity contribution is 5.85. The third kappa shape index (κ3) is 2.27. The van der Waals surface area contributed by atoms with Gasteiger partial charge in [-0.05, 0) is 80.5 Å². The Balaban J connectivity index is 1.62. The Kier molecular flexibility index (Phi) is 3.95. The van der Waals surface area contributed by atoms with Crippen LogP contribution in [-0.2, 0) is 4.79 Å². The number of rotatable bonds is 2. The zero-order chi connectivity index (χ0) is 16.2. The van der Waals surface area contributed by atoms with E-state index < -0.39 is 0 Å². The highest BCUT2D eigenvalue weighted by atomic mass is 16.3. The molecule has 2 unspecified atom stereocenters. The predicted octanol–water partition coefficient (Wildman–Crippen LogP) is 4.52. The summed E-state index contributed by atoms with van der Waals surface area (Å²) < 4.78 is 0. The molecule has 6 atom stereocenters. The van der Waals surface area contributed by atoms with Crippen molar-refractivity contribution in [2.75, 3.05) is 6.61 Å². The van der Waals surface area contributed by atoms with Gasteiger partial charge in [0.25, 0.3) is 0 Å². The van der Waals surface area contributed by atoms with E-state index in [2.05, 4.69) is 13.8 Å². The lowest BCUT2D eigenvalue weighted by atomic mass is 9.53. The molecule has 4 aliphatic carbocycles. The van der Waals surface area contributed by atoms with Gasteiger partial charge in [-0.15, -0.1) is 0 Å². The van der Waals surface area contributed by atoms with Crippen molar-refractivity contribution >= 4 is 5.78 Å². The predicted molar refractivity (Wildman–Crippen MR) is 91.9 cm³/mol. The lowest BCUT2D eigenvalue weighted by Gasteiger charge is -2.52. The van der Waals surface area contributed by atoms with Crippen molar-refractivity contribution in [3.63, 3.8) is 0 Å². The van der Waals surface area contributed by atoms with E-state index in [1.165, 1.54) is 44.1 Å². The fraction of sp³-hybridized carbons (Fsp3) is 0.857. The Morgan fingerprint density at radius 1 is 1.22 bits per heavy atom. The molecule has 1 N–H and O–H groups in total. The fourth-order valence-corrected chi connectivity index (χ4v) is 6.90. The standard InChI is InChI=1S/C21H32O2/c1-3-13-10-18-14(11-20(13)23)4-6-17-16(18)8-9-21(2)15(12-22)5-7-19(17)21/h13,15-17,19,22H,3-12H2,1-2H3/t13?,15?,16-,17+,19-,21+/m0/s1.